The van der Waals surface area contributed by atoms with E-state index in [2.05, 4.69) is 5.32 Å². The highest BCUT2D eigenvalue weighted by atomic mass is 16.4. The van der Waals surface area contributed by atoms with Gasteiger partial charge < -0.3 is 10.4 Å². The highest BCUT2D eigenvalue weighted by Crippen LogP contribution is 2.19. The van der Waals surface area contributed by atoms with E-state index in [0.717, 1.165) is 0 Å². The molecule has 4 heteroatoms. The summed E-state index contributed by atoms with van der Waals surface area (Å²) in [7, 11) is 0. The van der Waals surface area contributed by atoms with Crippen molar-refractivity contribution in [2.45, 2.75) is 27.2 Å². The van der Waals surface area contributed by atoms with E-state index in [1.807, 2.05) is 0 Å². The van der Waals surface area contributed by atoms with E-state index < -0.39 is 11.4 Å². The Morgan fingerprint density at radius 3 is 2.25 bits per heavy atom. The molecule has 0 heterocycles. The average Bonchev–Trinajstić information content (AvgIpc) is 1.85. The van der Waals surface area contributed by atoms with Crippen molar-refractivity contribution in [2.75, 3.05) is 6.54 Å². The smallest absolute Gasteiger partial charge is 0.309 e. The van der Waals surface area contributed by atoms with Gasteiger partial charge in [0.1, 0.15) is 0 Å². The van der Waals surface area contributed by atoms with Crippen molar-refractivity contribution in [3.05, 3.63) is 0 Å². The van der Waals surface area contributed by atoms with Crippen LogP contribution < -0.4 is 5.32 Å². The number of aliphatic carboxylic acids is 1. The first kappa shape index (κ1) is 10.9. The van der Waals surface area contributed by atoms with Crippen molar-refractivity contribution < 1.29 is 14.7 Å². The van der Waals surface area contributed by atoms with E-state index in [0.29, 0.717) is 13.0 Å². The Kier molecular flexibility index (Phi) is 3.73. The molecule has 0 aromatic heterocycles. The number of carbonyl (C=O) groups is 2. The molecule has 12 heavy (non-hydrogen) atoms. The molecule has 0 fully saturated rings. The lowest BCUT2D eigenvalue weighted by molar-refractivity contribution is -0.147. The Bertz CT molecular complexity index is 187. The van der Waals surface area contributed by atoms with Crippen molar-refractivity contribution in [1.29, 1.82) is 0 Å². The molecule has 0 rings (SSSR count). The van der Waals surface area contributed by atoms with E-state index in [-0.39, 0.29) is 5.91 Å². The Balaban J connectivity index is 3.76. The monoisotopic (exact) mass is 173 g/mol. The summed E-state index contributed by atoms with van der Waals surface area (Å²) >= 11 is 0. The third kappa shape index (κ3) is 3.95. The largest absolute Gasteiger partial charge is 0.481 e. The third-order valence-electron chi connectivity index (χ3n) is 1.70. The van der Waals surface area contributed by atoms with Gasteiger partial charge in [0.15, 0.2) is 0 Å². The third-order valence-corrected chi connectivity index (χ3v) is 1.70. The van der Waals surface area contributed by atoms with E-state index in [4.69, 9.17) is 5.11 Å². The van der Waals surface area contributed by atoms with Crippen LogP contribution in [0.15, 0.2) is 0 Å². The second-order valence-corrected chi connectivity index (χ2v) is 3.42. The first-order valence-electron chi connectivity index (χ1n) is 3.84. The SMILES string of the molecule is CC(=O)NCCC(C)(C)C(=O)O. The Morgan fingerprint density at radius 2 is 1.92 bits per heavy atom. The van der Waals surface area contributed by atoms with Gasteiger partial charge in [0.25, 0.3) is 0 Å². The summed E-state index contributed by atoms with van der Waals surface area (Å²) in [5.74, 6) is -0.968. The summed E-state index contributed by atoms with van der Waals surface area (Å²) in [6, 6.07) is 0. The molecule has 0 unspecified atom stereocenters. The number of carbonyl (C=O) groups excluding carboxylic acids is 1. The van der Waals surface area contributed by atoms with Gasteiger partial charge in [-0.25, -0.2) is 0 Å². The van der Waals surface area contributed by atoms with Crippen LogP contribution in [0, 0.1) is 5.41 Å². The van der Waals surface area contributed by atoms with Crippen LogP contribution in [0.25, 0.3) is 0 Å². The molecule has 1 amide bonds. The van der Waals surface area contributed by atoms with Gasteiger partial charge in [-0.2, -0.15) is 0 Å². The Labute approximate surface area is 72.0 Å². The first-order valence-corrected chi connectivity index (χ1v) is 3.84. The lowest BCUT2D eigenvalue weighted by Crippen LogP contribution is -2.30. The molecule has 0 aliphatic heterocycles. The topological polar surface area (TPSA) is 66.4 Å². The molecule has 0 aliphatic rings. The number of carboxylic acid groups (broad SMARTS) is 1. The van der Waals surface area contributed by atoms with Crippen LogP contribution in [0.1, 0.15) is 27.2 Å². The molecule has 0 bridgehead atoms. The zero-order valence-electron chi connectivity index (χ0n) is 7.68. The predicted molar refractivity (Wildman–Crippen MR) is 44.7 cm³/mol. The van der Waals surface area contributed by atoms with Crippen molar-refractivity contribution in [2.24, 2.45) is 5.41 Å². The van der Waals surface area contributed by atoms with Crippen LogP contribution in [0.3, 0.4) is 0 Å². The molecular formula is C8H15NO3. The second-order valence-electron chi connectivity index (χ2n) is 3.42. The molecule has 70 valence electrons. The summed E-state index contributed by atoms with van der Waals surface area (Å²) < 4.78 is 0. The molecule has 0 aromatic carbocycles. The lowest BCUT2D eigenvalue weighted by atomic mass is 9.90. The van der Waals surface area contributed by atoms with Crippen LogP contribution >= 0.6 is 0 Å². The van der Waals surface area contributed by atoms with Gasteiger partial charge in [0.2, 0.25) is 5.91 Å². The normalized spacial score (nSPS) is 10.9. The van der Waals surface area contributed by atoms with Gasteiger partial charge in [-0.1, -0.05) is 0 Å². The van der Waals surface area contributed by atoms with Gasteiger partial charge in [-0.3, -0.25) is 9.59 Å². The fourth-order valence-corrected chi connectivity index (χ4v) is 0.658. The first-order chi connectivity index (χ1) is 5.36. The molecule has 0 aromatic rings. The van der Waals surface area contributed by atoms with Crippen LogP contribution in [0.5, 0.6) is 0 Å². The van der Waals surface area contributed by atoms with Gasteiger partial charge in [0, 0.05) is 13.5 Å². The minimum Gasteiger partial charge on any atom is -0.481 e. The number of nitrogens with one attached hydrogen (secondary N) is 1. The summed E-state index contributed by atoms with van der Waals surface area (Å²) in [5.41, 5.74) is -0.761. The molecule has 0 radical (unpaired) electrons. The maximum atomic E-state index is 10.6. The van der Waals surface area contributed by atoms with Crippen molar-refractivity contribution in [3.8, 4) is 0 Å². The van der Waals surface area contributed by atoms with Crippen LogP contribution in [0.2, 0.25) is 0 Å². The molecule has 2 N–H and O–H groups in total. The van der Waals surface area contributed by atoms with Crippen LogP contribution in [-0.4, -0.2) is 23.5 Å². The molecule has 0 saturated heterocycles. The van der Waals surface area contributed by atoms with Gasteiger partial charge >= 0.3 is 5.97 Å². The maximum absolute atomic E-state index is 10.6. The molecule has 0 spiro atoms. The average molecular weight is 173 g/mol. The predicted octanol–water partition coefficient (Wildman–Crippen LogP) is 0.623. The van der Waals surface area contributed by atoms with E-state index in [1.165, 1.54) is 6.92 Å². The highest BCUT2D eigenvalue weighted by Gasteiger charge is 2.26. The minimum atomic E-state index is -0.840. The number of rotatable bonds is 4. The summed E-state index contributed by atoms with van der Waals surface area (Å²) in [4.78, 5) is 21.0. The number of hydrogen-bond donors (Lipinski definition) is 2. The maximum Gasteiger partial charge on any atom is 0.309 e. The van der Waals surface area contributed by atoms with Crippen LogP contribution in [-0.2, 0) is 9.59 Å². The fraction of sp³-hybridized carbons (Fsp3) is 0.750. The summed E-state index contributed by atoms with van der Waals surface area (Å²) in [5, 5.41) is 11.2. The number of carboxylic acids is 1. The molecular weight excluding hydrogens is 158 g/mol. The number of hydrogen-bond acceptors (Lipinski definition) is 2. The van der Waals surface area contributed by atoms with E-state index in [1.54, 1.807) is 13.8 Å². The molecule has 0 atom stereocenters. The standard InChI is InChI=1S/C8H15NO3/c1-6(10)9-5-4-8(2,3)7(11)12/h4-5H2,1-3H3,(H,9,10)(H,11,12). The quantitative estimate of drug-likeness (QED) is 0.655. The molecule has 4 nitrogen and oxygen atoms in total. The van der Waals surface area contributed by atoms with Gasteiger partial charge in [-0.05, 0) is 20.3 Å². The van der Waals surface area contributed by atoms with Crippen LogP contribution in [0.4, 0.5) is 0 Å². The zero-order chi connectivity index (χ0) is 9.78. The zero-order valence-corrected chi connectivity index (χ0v) is 7.68. The Morgan fingerprint density at radius 1 is 1.42 bits per heavy atom. The number of amides is 1. The van der Waals surface area contributed by atoms with Gasteiger partial charge in [0.05, 0.1) is 5.41 Å². The Hall–Kier alpha value is -1.06. The highest BCUT2D eigenvalue weighted by molar-refractivity contribution is 5.74. The van der Waals surface area contributed by atoms with E-state index >= 15 is 0 Å². The van der Waals surface area contributed by atoms with E-state index in [9.17, 15) is 9.59 Å². The molecule has 0 aliphatic carbocycles. The van der Waals surface area contributed by atoms with Crippen molar-refractivity contribution >= 4 is 11.9 Å². The van der Waals surface area contributed by atoms with Gasteiger partial charge in [-0.15, -0.1) is 0 Å². The lowest BCUT2D eigenvalue weighted by Gasteiger charge is -2.18. The summed E-state index contributed by atoms with van der Waals surface area (Å²) in [6.45, 7) is 5.09. The second kappa shape index (κ2) is 4.09. The molecule has 0 saturated carbocycles. The fourth-order valence-electron chi connectivity index (χ4n) is 0.658. The van der Waals surface area contributed by atoms with Crippen molar-refractivity contribution in [1.82, 2.24) is 5.32 Å². The minimum absolute atomic E-state index is 0.129. The van der Waals surface area contributed by atoms with Crippen molar-refractivity contribution in [3.63, 3.8) is 0 Å². The summed E-state index contributed by atoms with van der Waals surface area (Å²) in [6.07, 6.45) is 0.446.